The molecule has 3 fully saturated rings. The Hall–Kier alpha value is -2.64. The summed E-state index contributed by atoms with van der Waals surface area (Å²) in [6.07, 6.45) is 7.78. The summed E-state index contributed by atoms with van der Waals surface area (Å²) in [6, 6.07) is 3.20. The van der Waals surface area contributed by atoms with Crippen molar-refractivity contribution in [2.75, 3.05) is 32.7 Å². The lowest BCUT2D eigenvalue weighted by Crippen LogP contribution is -2.47. The number of piperidine rings is 1. The average molecular weight is 429 g/mol. The van der Waals surface area contributed by atoms with Gasteiger partial charge in [-0.25, -0.2) is 0 Å². The molecular formula is C23H32N4O4. The Balaban J connectivity index is 1.41. The fourth-order valence-corrected chi connectivity index (χ4v) is 4.97. The minimum Gasteiger partial charge on any atom is -0.487 e. The second-order valence-corrected chi connectivity index (χ2v) is 8.91. The highest BCUT2D eigenvalue weighted by atomic mass is 16.5. The van der Waals surface area contributed by atoms with Gasteiger partial charge in [0.2, 0.25) is 17.7 Å². The largest absolute Gasteiger partial charge is 0.487 e. The Bertz CT molecular complexity index is 788. The van der Waals surface area contributed by atoms with Crippen molar-refractivity contribution in [2.45, 2.75) is 57.6 Å². The van der Waals surface area contributed by atoms with E-state index in [2.05, 4.69) is 4.98 Å². The van der Waals surface area contributed by atoms with E-state index in [9.17, 15) is 14.4 Å². The van der Waals surface area contributed by atoms with E-state index in [1.54, 1.807) is 24.2 Å². The molecule has 8 heteroatoms. The Morgan fingerprint density at radius 3 is 2.48 bits per heavy atom. The molecule has 1 aromatic rings. The predicted molar refractivity (Wildman–Crippen MR) is 114 cm³/mol. The second kappa shape index (κ2) is 9.66. The molecule has 3 saturated heterocycles. The van der Waals surface area contributed by atoms with E-state index >= 15 is 0 Å². The summed E-state index contributed by atoms with van der Waals surface area (Å²) in [5, 5.41) is 0. The molecule has 0 aromatic carbocycles. The summed E-state index contributed by atoms with van der Waals surface area (Å²) < 4.78 is 6.06. The quantitative estimate of drug-likeness (QED) is 0.713. The van der Waals surface area contributed by atoms with Crippen LogP contribution in [0.2, 0.25) is 0 Å². The summed E-state index contributed by atoms with van der Waals surface area (Å²) in [5.41, 5.74) is 0. The van der Waals surface area contributed by atoms with Crippen LogP contribution in [0, 0.1) is 5.92 Å². The van der Waals surface area contributed by atoms with Gasteiger partial charge in [0.1, 0.15) is 17.9 Å². The van der Waals surface area contributed by atoms with Gasteiger partial charge in [-0.15, -0.1) is 0 Å². The lowest BCUT2D eigenvalue weighted by Gasteiger charge is -2.33. The number of nitrogens with zero attached hydrogens (tertiary/aromatic N) is 4. The standard InChI is InChI=1S/C23H32N4O4/c1-17(28)25-11-6-18(7-12-25)13-22(29)27-16-20(31-19-5-4-8-24-15-19)14-21(27)23(30)26-9-2-3-10-26/h4-5,8,15,18,20-21H,2-3,6-7,9-14,16H2,1H3/t20-,21-/m0/s1. The van der Waals surface area contributed by atoms with E-state index in [-0.39, 0.29) is 29.7 Å². The molecule has 4 heterocycles. The van der Waals surface area contributed by atoms with Crippen LogP contribution in [0.4, 0.5) is 0 Å². The van der Waals surface area contributed by atoms with E-state index in [1.807, 2.05) is 21.9 Å². The monoisotopic (exact) mass is 428 g/mol. The number of likely N-dealkylation sites (tertiary alicyclic amines) is 3. The first-order valence-corrected chi connectivity index (χ1v) is 11.4. The van der Waals surface area contributed by atoms with Crippen molar-refractivity contribution in [1.29, 1.82) is 0 Å². The van der Waals surface area contributed by atoms with Crippen molar-refractivity contribution in [2.24, 2.45) is 5.92 Å². The molecule has 3 aliphatic rings. The number of rotatable bonds is 5. The number of amides is 3. The maximum absolute atomic E-state index is 13.3. The van der Waals surface area contributed by atoms with E-state index in [1.165, 1.54) is 0 Å². The van der Waals surface area contributed by atoms with Gasteiger partial charge in [0.15, 0.2) is 0 Å². The molecule has 0 saturated carbocycles. The molecule has 0 N–H and O–H groups in total. The molecular weight excluding hydrogens is 396 g/mol. The molecule has 3 aliphatic heterocycles. The van der Waals surface area contributed by atoms with E-state index in [0.717, 1.165) is 38.8 Å². The molecule has 3 amide bonds. The van der Waals surface area contributed by atoms with Gasteiger partial charge in [-0.3, -0.25) is 19.4 Å². The van der Waals surface area contributed by atoms with Crippen LogP contribution >= 0.6 is 0 Å². The first-order chi connectivity index (χ1) is 15.0. The number of carbonyl (C=O) groups is 3. The van der Waals surface area contributed by atoms with Crippen molar-refractivity contribution in [1.82, 2.24) is 19.7 Å². The zero-order chi connectivity index (χ0) is 21.8. The highest BCUT2D eigenvalue weighted by Crippen LogP contribution is 2.28. The molecule has 2 atom stereocenters. The van der Waals surface area contributed by atoms with Gasteiger partial charge in [0, 0.05) is 52.1 Å². The van der Waals surface area contributed by atoms with Gasteiger partial charge in [0.25, 0.3) is 0 Å². The van der Waals surface area contributed by atoms with Crippen molar-refractivity contribution < 1.29 is 19.1 Å². The zero-order valence-corrected chi connectivity index (χ0v) is 18.2. The van der Waals surface area contributed by atoms with Gasteiger partial charge >= 0.3 is 0 Å². The van der Waals surface area contributed by atoms with Crippen LogP contribution in [-0.2, 0) is 14.4 Å². The van der Waals surface area contributed by atoms with Crippen LogP contribution in [0.1, 0.15) is 45.4 Å². The lowest BCUT2D eigenvalue weighted by molar-refractivity contribution is -0.144. The van der Waals surface area contributed by atoms with E-state index < -0.39 is 6.04 Å². The molecule has 4 rings (SSSR count). The number of hydrogen-bond donors (Lipinski definition) is 0. The minimum absolute atomic E-state index is 0.0242. The highest BCUT2D eigenvalue weighted by molar-refractivity contribution is 5.88. The third-order valence-electron chi connectivity index (χ3n) is 6.75. The first-order valence-electron chi connectivity index (χ1n) is 11.4. The maximum Gasteiger partial charge on any atom is 0.245 e. The number of hydrogen-bond acceptors (Lipinski definition) is 5. The van der Waals surface area contributed by atoms with Gasteiger partial charge in [0.05, 0.1) is 12.7 Å². The summed E-state index contributed by atoms with van der Waals surface area (Å²) in [6.45, 7) is 4.97. The van der Waals surface area contributed by atoms with Crippen LogP contribution in [0.15, 0.2) is 24.5 Å². The van der Waals surface area contributed by atoms with Crippen LogP contribution in [0.25, 0.3) is 0 Å². The third kappa shape index (κ3) is 5.17. The molecule has 0 unspecified atom stereocenters. The number of aromatic nitrogens is 1. The molecule has 0 spiro atoms. The molecule has 8 nitrogen and oxygen atoms in total. The Morgan fingerprint density at radius 2 is 1.84 bits per heavy atom. The third-order valence-corrected chi connectivity index (χ3v) is 6.75. The number of ether oxygens (including phenoxy) is 1. The van der Waals surface area contributed by atoms with Crippen LogP contribution in [0.5, 0.6) is 5.75 Å². The van der Waals surface area contributed by atoms with E-state index in [4.69, 9.17) is 4.74 Å². The molecule has 1 aromatic heterocycles. The molecule has 0 radical (unpaired) electrons. The summed E-state index contributed by atoms with van der Waals surface area (Å²) in [4.78, 5) is 47.6. The fourth-order valence-electron chi connectivity index (χ4n) is 4.97. The SMILES string of the molecule is CC(=O)N1CCC(CC(=O)N2C[C@@H](Oc3cccnc3)C[C@H]2C(=O)N2CCCC2)CC1. The van der Waals surface area contributed by atoms with Crippen molar-refractivity contribution in [3.05, 3.63) is 24.5 Å². The number of pyridine rings is 1. The first kappa shape index (κ1) is 21.6. The maximum atomic E-state index is 13.3. The van der Waals surface area contributed by atoms with Crippen molar-refractivity contribution in [3.8, 4) is 5.75 Å². The topological polar surface area (TPSA) is 83.0 Å². The number of carbonyl (C=O) groups excluding carboxylic acids is 3. The highest BCUT2D eigenvalue weighted by Gasteiger charge is 2.43. The normalized spacial score (nSPS) is 24.5. The fraction of sp³-hybridized carbons (Fsp3) is 0.652. The van der Waals surface area contributed by atoms with Crippen LogP contribution < -0.4 is 4.74 Å². The Morgan fingerprint density at radius 1 is 1.10 bits per heavy atom. The summed E-state index contributed by atoms with van der Waals surface area (Å²) in [7, 11) is 0. The lowest BCUT2D eigenvalue weighted by atomic mass is 9.93. The summed E-state index contributed by atoms with van der Waals surface area (Å²) in [5.74, 6) is 1.08. The van der Waals surface area contributed by atoms with Gasteiger partial charge in [-0.05, 0) is 43.7 Å². The van der Waals surface area contributed by atoms with Crippen molar-refractivity contribution >= 4 is 17.7 Å². The summed E-state index contributed by atoms with van der Waals surface area (Å²) >= 11 is 0. The van der Waals surface area contributed by atoms with E-state index in [0.29, 0.717) is 38.2 Å². The van der Waals surface area contributed by atoms with Gasteiger partial charge in [-0.1, -0.05) is 0 Å². The Labute approximate surface area is 183 Å². The smallest absolute Gasteiger partial charge is 0.245 e. The Kier molecular flexibility index (Phi) is 6.73. The van der Waals surface area contributed by atoms with Gasteiger partial charge in [-0.2, -0.15) is 0 Å². The minimum atomic E-state index is -0.454. The average Bonchev–Trinajstić information content (AvgIpc) is 3.45. The molecule has 31 heavy (non-hydrogen) atoms. The molecule has 0 aliphatic carbocycles. The predicted octanol–water partition coefficient (Wildman–Crippen LogP) is 1.70. The molecule has 0 bridgehead atoms. The second-order valence-electron chi connectivity index (χ2n) is 8.91. The van der Waals surface area contributed by atoms with Crippen LogP contribution in [0.3, 0.4) is 0 Å². The zero-order valence-electron chi connectivity index (χ0n) is 18.2. The molecule has 168 valence electrons. The van der Waals surface area contributed by atoms with Crippen molar-refractivity contribution in [3.63, 3.8) is 0 Å². The van der Waals surface area contributed by atoms with Gasteiger partial charge < -0.3 is 19.4 Å². The van der Waals surface area contributed by atoms with Crippen LogP contribution in [-0.4, -0.2) is 82.3 Å².